The van der Waals surface area contributed by atoms with E-state index in [1.807, 2.05) is 13.0 Å². The van der Waals surface area contributed by atoms with Crippen molar-refractivity contribution in [2.24, 2.45) is 0 Å². The number of hydrogen-bond donors (Lipinski definition) is 0. The van der Waals surface area contributed by atoms with Gasteiger partial charge in [-0.3, -0.25) is 4.79 Å². The third kappa shape index (κ3) is 4.54. The summed E-state index contributed by atoms with van der Waals surface area (Å²) in [7, 11) is -3.71. The maximum Gasteiger partial charge on any atom is 0.260 e. The van der Waals surface area contributed by atoms with Crippen molar-refractivity contribution in [1.82, 2.24) is 14.4 Å². The molecule has 0 atom stereocenters. The van der Waals surface area contributed by atoms with Gasteiger partial charge in [0.2, 0.25) is 10.0 Å². The second-order valence-corrected chi connectivity index (χ2v) is 8.48. The van der Waals surface area contributed by atoms with Crippen LogP contribution in [0.1, 0.15) is 18.4 Å². The molecule has 158 valence electrons. The van der Waals surface area contributed by atoms with Crippen LogP contribution in [0.2, 0.25) is 0 Å². The summed E-state index contributed by atoms with van der Waals surface area (Å²) in [5, 5.41) is 3.72. The Bertz CT molecular complexity index is 945. The zero-order valence-corrected chi connectivity index (χ0v) is 17.6. The van der Waals surface area contributed by atoms with Crippen molar-refractivity contribution in [3.05, 3.63) is 35.7 Å². The van der Waals surface area contributed by atoms with Gasteiger partial charge in [-0.2, -0.15) is 4.31 Å². The summed E-state index contributed by atoms with van der Waals surface area (Å²) in [6, 6.07) is 7.16. The van der Waals surface area contributed by atoms with Gasteiger partial charge >= 0.3 is 0 Å². The predicted molar refractivity (Wildman–Crippen MR) is 104 cm³/mol. The third-order valence-electron chi connectivity index (χ3n) is 4.66. The highest BCUT2D eigenvalue weighted by molar-refractivity contribution is 7.89. The van der Waals surface area contributed by atoms with Crippen LogP contribution < -0.4 is 9.47 Å². The van der Waals surface area contributed by atoms with Crippen molar-refractivity contribution < 1.29 is 27.2 Å². The number of ether oxygens (including phenoxy) is 2. The molecule has 0 spiro atoms. The van der Waals surface area contributed by atoms with Crippen molar-refractivity contribution in [3.63, 3.8) is 0 Å². The molecule has 29 heavy (non-hydrogen) atoms. The van der Waals surface area contributed by atoms with E-state index < -0.39 is 10.0 Å². The van der Waals surface area contributed by atoms with Crippen LogP contribution >= 0.6 is 0 Å². The normalized spacial score (nSPS) is 15.3. The summed E-state index contributed by atoms with van der Waals surface area (Å²) < 4.78 is 43.2. The van der Waals surface area contributed by atoms with Crippen LogP contribution in [0.3, 0.4) is 0 Å². The van der Waals surface area contributed by atoms with E-state index in [4.69, 9.17) is 14.0 Å². The molecule has 3 rings (SSSR count). The number of para-hydroxylation sites is 2. The number of rotatable bonds is 7. The molecule has 1 aliphatic rings. The van der Waals surface area contributed by atoms with Gasteiger partial charge in [0.1, 0.15) is 10.6 Å². The molecule has 0 N–H and O–H groups in total. The molecule has 1 aromatic carbocycles. The van der Waals surface area contributed by atoms with E-state index in [0.717, 1.165) is 0 Å². The number of sulfonamides is 1. The van der Waals surface area contributed by atoms with E-state index in [9.17, 15) is 13.2 Å². The van der Waals surface area contributed by atoms with Gasteiger partial charge in [0, 0.05) is 26.2 Å². The average Bonchev–Trinajstić information content (AvgIpc) is 3.06. The third-order valence-corrected chi connectivity index (χ3v) is 6.80. The zero-order chi connectivity index (χ0) is 21.0. The first-order valence-corrected chi connectivity index (χ1v) is 10.8. The number of aryl methyl sites for hydroxylation is 2. The number of carbonyl (C=O) groups excluding carboxylic acids is 1. The van der Waals surface area contributed by atoms with E-state index in [1.165, 1.54) is 4.31 Å². The fraction of sp³-hybridized carbons (Fsp3) is 0.474. The summed E-state index contributed by atoms with van der Waals surface area (Å²) in [5.41, 5.74) is 0.336. The lowest BCUT2D eigenvalue weighted by molar-refractivity contribution is -0.134. The molecule has 9 nitrogen and oxygen atoms in total. The summed E-state index contributed by atoms with van der Waals surface area (Å²) in [5.74, 6) is 1.15. The van der Waals surface area contributed by atoms with Crippen LogP contribution in [-0.4, -0.2) is 68.1 Å². The van der Waals surface area contributed by atoms with Crippen LogP contribution in [0.25, 0.3) is 0 Å². The molecule has 1 fully saturated rings. The van der Waals surface area contributed by atoms with Crippen molar-refractivity contribution in [2.45, 2.75) is 25.7 Å². The summed E-state index contributed by atoms with van der Waals surface area (Å²) >= 11 is 0. The van der Waals surface area contributed by atoms with Crippen molar-refractivity contribution in [1.29, 1.82) is 0 Å². The van der Waals surface area contributed by atoms with E-state index in [-0.39, 0.29) is 49.3 Å². The van der Waals surface area contributed by atoms with Crippen LogP contribution in [0.4, 0.5) is 0 Å². The fourth-order valence-electron chi connectivity index (χ4n) is 3.22. The van der Waals surface area contributed by atoms with Crippen LogP contribution in [0, 0.1) is 13.8 Å². The number of hydrogen-bond acceptors (Lipinski definition) is 7. The Kier molecular flexibility index (Phi) is 6.43. The molecule has 0 unspecified atom stereocenters. The Morgan fingerprint density at radius 2 is 1.72 bits per heavy atom. The lowest BCUT2D eigenvalue weighted by Gasteiger charge is -2.33. The number of nitrogens with zero attached hydrogens (tertiary/aromatic N) is 3. The van der Waals surface area contributed by atoms with Gasteiger partial charge in [0.25, 0.3) is 5.91 Å². The Morgan fingerprint density at radius 3 is 2.28 bits per heavy atom. The molecule has 0 saturated carbocycles. The number of aromatic nitrogens is 1. The summed E-state index contributed by atoms with van der Waals surface area (Å²) in [6.45, 7) is 6.39. The highest BCUT2D eigenvalue weighted by Crippen LogP contribution is 2.27. The maximum atomic E-state index is 12.9. The van der Waals surface area contributed by atoms with E-state index in [2.05, 4.69) is 5.16 Å². The van der Waals surface area contributed by atoms with E-state index in [1.54, 1.807) is 36.9 Å². The van der Waals surface area contributed by atoms with Gasteiger partial charge in [-0.15, -0.1) is 0 Å². The molecule has 0 bridgehead atoms. The molecule has 1 aliphatic heterocycles. The second-order valence-electron chi connectivity index (χ2n) is 6.61. The minimum atomic E-state index is -3.71. The topological polar surface area (TPSA) is 102 Å². The molecule has 10 heteroatoms. The molecule has 1 saturated heterocycles. The van der Waals surface area contributed by atoms with E-state index in [0.29, 0.717) is 23.8 Å². The highest BCUT2D eigenvalue weighted by atomic mass is 32.2. The molecule has 1 aromatic heterocycles. The second kappa shape index (κ2) is 8.83. The smallest absolute Gasteiger partial charge is 0.260 e. The number of benzene rings is 1. The fourth-order valence-corrected chi connectivity index (χ4v) is 4.94. The lowest BCUT2D eigenvalue weighted by atomic mass is 10.3. The monoisotopic (exact) mass is 423 g/mol. The number of carbonyl (C=O) groups is 1. The zero-order valence-electron chi connectivity index (χ0n) is 16.8. The van der Waals surface area contributed by atoms with E-state index >= 15 is 0 Å². The molecular weight excluding hydrogens is 398 g/mol. The Hall–Kier alpha value is -2.59. The Labute approximate surface area is 170 Å². The van der Waals surface area contributed by atoms with Crippen molar-refractivity contribution in [2.75, 3.05) is 39.4 Å². The van der Waals surface area contributed by atoms with Gasteiger partial charge in [-0.1, -0.05) is 17.3 Å². The molecule has 1 amide bonds. The highest BCUT2D eigenvalue weighted by Gasteiger charge is 2.34. The summed E-state index contributed by atoms with van der Waals surface area (Å²) in [4.78, 5) is 14.2. The van der Waals surface area contributed by atoms with Crippen LogP contribution in [-0.2, 0) is 14.8 Å². The molecule has 2 aromatic rings. The molecule has 0 radical (unpaired) electrons. The number of amides is 1. The largest absolute Gasteiger partial charge is 0.490 e. The van der Waals surface area contributed by atoms with Crippen LogP contribution in [0.15, 0.2) is 33.7 Å². The summed E-state index contributed by atoms with van der Waals surface area (Å²) in [6.07, 6.45) is 0. The van der Waals surface area contributed by atoms with Gasteiger partial charge in [0.05, 0.1) is 6.61 Å². The van der Waals surface area contributed by atoms with Crippen molar-refractivity contribution >= 4 is 15.9 Å². The van der Waals surface area contributed by atoms with Crippen LogP contribution in [0.5, 0.6) is 11.5 Å². The quantitative estimate of drug-likeness (QED) is 0.666. The average molecular weight is 423 g/mol. The first-order valence-electron chi connectivity index (χ1n) is 9.40. The van der Waals surface area contributed by atoms with Gasteiger partial charge in [0.15, 0.2) is 23.9 Å². The van der Waals surface area contributed by atoms with Gasteiger partial charge < -0.3 is 18.9 Å². The van der Waals surface area contributed by atoms with Gasteiger partial charge in [-0.25, -0.2) is 8.42 Å². The molecular formula is C19H25N3O6S. The van der Waals surface area contributed by atoms with Gasteiger partial charge in [-0.05, 0) is 32.9 Å². The van der Waals surface area contributed by atoms with Crippen molar-refractivity contribution in [3.8, 4) is 11.5 Å². The Balaban J connectivity index is 1.57. The maximum absolute atomic E-state index is 12.9. The molecule has 0 aliphatic carbocycles. The SMILES string of the molecule is CCOc1ccccc1OCC(=O)N1CCN(S(=O)(=O)c2c(C)noc2C)CC1. The minimum Gasteiger partial charge on any atom is -0.490 e. The molecule has 2 heterocycles. The standard InChI is InChI=1S/C19H25N3O6S/c1-4-26-16-7-5-6-8-17(16)27-13-18(23)21-9-11-22(12-10-21)29(24,25)19-14(2)20-28-15(19)3/h5-8H,4,9-13H2,1-3H3. The number of piperazine rings is 1. The Morgan fingerprint density at radius 1 is 1.10 bits per heavy atom. The first kappa shape index (κ1) is 21.1. The first-order chi connectivity index (χ1) is 13.8. The minimum absolute atomic E-state index is 0.105. The predicted octanol–water partition coefficient (Wildman–Crippen LogP) is 1.60. The lowest BCUT2D eigenvalue weighted by Crippen LogP contribution is -2.51.